The summed E-state index contributed by atoms with van der Waals surface area (Å²) in [4.78, 5) is 12.8. The summed E-state index contributed by atoms with van der Waals surface area (Å²) in [5.41, 5.74) is 0.714. The maximum atomic E-state index is 12.8. The van der Waals surface area contributed by atoms with E-state index in [-0.39, 0.29) is 10.8 Å². The lowest BCUT2D eigenvalue weighted by Gasteiger charge is -2.20. The lowest BCUT2D eigenvalue weighted by atomic mass is 10.2. The molecular formula is C20H22N4O3S3. The van der Waals surface area contributed by atoms with Crippen LogP contribution in [0.3, 0.4) is 0 Å². The fourth-order valence-electron chi connectivity index (χ4n) is 2.46. The van der Waals surface area contributed by atoms with Crippen molar-refractivity contribution in [3.05, 3.63) is 60.2 Å². The molecule has 3 rings (SSSR count). The van der Waals surface area contributed by atoms with Crippen LogP contribution in [-0.2, 0) is 10.0 Å². The average Bonchev–Trinajstić information content (AvgIpc) is 3.19. The van der Waals surface area contributed by atoms with Gasteiger partial charge < -0.3 is 0 Å². The summed E-state index contributed by atoms with van der Waals surface area (Å²) in [7, 11) is -2.26. The first-order valence-electron chi connectivity index (χ1n) is 9.19. The quantitative estimate of drug-likeness (QED) is 0.395. The molecule has 3 aromatic rings. The van der Waals surface area contributed by atoms with Crippen molar-refractivity contribution in [2.75, 3.05) is 22.4 Å². The molecule has 1 aromatic heterocycles. The van der Waals surface area contributed by atoms with E-state index in [1.165, 1.54) is 36.6 Å². The molecule has 158 valence electrons. The van der Waals surface area contributed by atoms with Crippen molar-refractivity contribution in [2.24, 2.45) is 5.92 Å². The molecule has 0 aliphatic heterocycles. The van der Waals surface area contributed by atoms with Crippen LogP contribution >= 0.6 is 23.1 Å². The topological polar surface area (TPSA) is 92.3 Å². The van der Waals surface area contributed by atoms with Crippen molar-refractivity contribution in [1.82, 2.24) is 10.2 Å². The number of aromatic nitrogens is 2. The van der Waals surface area contributed by atoms with Gasteiger partial charge in [-0.25, -0.2) is 8.42 Å². The van der Waals surface area contributed by atoms with E-state index in [1.54, 1.807) is 48.2 Å². The molecule has 0 bridgehead atoms. The molecule has 0 spiro atoms. The van der Waals surface area contributed by atoms with E-state index in [0.717, 1.165) is 14.4 Å². The Labute approximate surface area is 184 Å². The van der Waals surface area contributed by atoms with Gasteiger partial charge in [0.15, 0.2) is 4.34 Å². The maximum Gasteiger partial charge on any atom is 0.264 e. The minimum atomic E-state index is -3.72. The first kappa shape index (κ1) is 22.3. The highest BCUT2D eigenvalue weighted by Crippen LogP contribution is 2.28. The minimum Gasteiger partial charge on any atom is -0.296 e. The Kier molecular flexibility index (Phi) is 7.11. The smallest absolute Gasteiger partial charge is 0.264 e. The van der Waals surface area contributed by atoms with Gasteiger partial charge in [-0.1, -0.05) is 61.2 Å². The Morgan fingerprint density at radius 1 is 1.13 bits per heavy atom. The van der Waals surface area contributed by atoms with Crippen LogP contribution in [0.15, 0.2) is 63.8 Å². The van der Waals surface area contributed by atoms with Crippen LogP contribution in [-0.4, -0.2) is 37.3 Å². The van der Waals surface area contributed by atoms with E-state index in [2.05, 4.69) is 29.4 Å². The fourth-order valence-corrected chi connectivity index (χ4v) is 5.39. The number of nitrogens with zero attached hydrogens (tertiary/aromatic N) is 3. The Hall–Kier alpha value is -2.43. The Bertz CT molecular complexity index is 1120. The van der Waals surface area contributed by atoms with E-state index in [4.69, 9.17) is 0 Å². The van der Waals surface area contributed by atoms with E-state index < -0.39 is 10.0 Å². The molecule has 0 unspecified atom stereocenters. The van der Waals surface area contributed by atoms with Crippen molar-refractivity contribution >= 4 is 49.8 Å². The molecule has 2 aromatic carbocycles. The third-order valence-electron chi connectivity index (χ3n) is 4.04. The number of amides is 1. The van der Waals surface area contributed by atoms with Gasteiger partial charge in [0.2, 0.25) is 5.13 Å². The van der Waals surface area contributed by atoms with Gasteiger partial charge in [0.1, 0.15) is 0 Å². The average molecular weight is 463 g/mol. The molecule has 7 nitrogen and oxygen atoms in total. The third-order valence-corrected chi connectivity index (χ3v) is 8.24. The van der Waals surface area contributed by atoms with Gasteiger partial charge in [0, 0.05) is 18.4 Å². The number of hydrogen-bond acceptors (Lipinski definition) is 7. The molecule has 30 heavy (non-hydrogen) atoms. The van der Waals surface area contributed by atoms with Crippen molar-refractivity contribution < 1.29 is 13.2 Å². The van der Waals surface area contributed by atoms with Crippen molar-refractivity contribution in [3.63, 3.8) is 0 Å². The molecule has 1 amide bonds. The van der Waals surface area contributed by atoms with Crippen LogP contribution in [0.25, 0.3) is 0 Å². The highest BCUT2D eigenvalue weighted by atomic mass is 32.2. The molecule has 0 atom stereocenters. The monoisotopic (exact) mass is 462 g/mol. The zero-order chi connectivity index (χ0) is 21.7. The number of rotatable bonds is 8. The van der Waals surface area contributed by atoms with E-state index in [1.807, 2.05) is 0 Å². The highest BCUT2D eigenvalue weighted by Gasteiger charge is 2.22. The van der Waals surface area contributed by atoms with Crippen molar-refractivity contribution in [2.45, 2.75) is 23.1 Å². The number of carbonyl (C=O) groups is 1. The van der Waals surface area contributed by atoms with Gasteiger partial charge in [-0.2, -0.15) is 0 Å². The van der Waals surface area contributed by atoms with Crippen LogP contribution < -0.4 is 9.62 Å². The Balaban J connectivity index is 1.74. The largest absolute Gasteiger partial charge is 0.296 e. The number of thioether (sulfide) groups is 1. The highest BCUT2D eigenvalue weighted by molar-refractivity contribution is 8.01. The zero-order valence-corrected chi connectivity index (χ0v) is 19.2. The summed E-state index contributed by atoms with van der Waals surface area (Å²) in [5, 5.41) is 11.2. The lowest BCUT2D eigenvalue weighted by Crippen LogP contribution is -2.26. The zero-order valence-electron chi connectivity index (χ0n) is 16.8. The second-order valence-electron chi connectivity index (χ2n) is 6.87. The Morgan fingerprint density at radius 2 is 1.87 bits per heavy atom. The van der Waals surface area contributed by atoms with Gasteiger partial charge in [-0.05, 0) is 36.2 Å². The summed E-state index contributed by atoms with van der Waals surface area (Å²) in [6.45, 7) is 4.25. The molecule has 10 heteroatoms. The summed E-state index contributed by atoms with van der Waals surface area (Å²) in [6.07, 6.45) is 0. The van der Waals surface area contributed by atoms with Crippen LogP contribution in [0.1, 0.15) is 24.2 Å². The predicted octanol–water partition coefficient (Wildman–Crippen LogP) is 4.36. The van der Waals surface area contributed by atoms with Crippen LogP contribution in [0.5, 0.6) is 0 Å². The molecule has 0 saturated heterocycles. The Morgan fingerprint density at radius 3 is 2.57 bits per heavy atom. The first-order valence-corrected chi connectivity index (χ1v) is 12.4. The molecule has 0 aliphatic rings. The number of anilines is 2. The van der Waals surface area contributed by atoms with Crippen molar-refractivity contribution in [3.8, 4) is 0 Å². The molecule has 1 heterocycles. The van der Waals surface area contributed by atoms with Crippen LogP contribution in [0, 0.1) is 5.92 Å². The van der Waals surface area contributed by atoms with Gasteiger partial charge in [-0.15, -0.1) is 10.2 Å². The number of benzene rings is 2. The SMILES string of the molecule is CC(C)CSc1nnc(NC(=O)c2cccc(N(C)S(=O)(=O)c3ccccc3)c2)s1. The van der Waals surface area contributed by atoms with Gasteiger partial charge >= 0.3 is 0 Å². The van der Waals surface area contributed by atoms with Gasteiger partial charge in [0.05, 0.1) is 10.6 Å². The molecule has 0 saturated carbocycles. The summed E-state index contributed by atoms with van der Waals surface area (Å²) in [6, 6.07) is 14.6. The molecule has 0 radical (unpaired) electrons. The minimum absolute atomic E-state index is 0.183. The molecule has 0 fully saturated rings. The molecular weight excluding hydrogens is 440 g/mol. The first-order chi connectivity index (χ1) is 14.3. The number of hydrogen-bond donors (Lipinski definition) is 1. The third kappa shape index (κ3) is 5.38. The van der Waals surface area contributed by atoms with E-state index >= 15 is 0 Å². The van der Waals surface area contributed by atoms with Gasteiger partial charge in [0.25, 0.3) is 15.9 Å². The number of nitrogens with one attached hydrogen (secondary N) is 1. The van der Waals surface area contributed by atoms with Crippen LogP contribution in [0.4, 0.5) is 10.8 Å². The summed E-state index contributed by atoms with van der Waals surface area (Å²) in [5.74, 6) is 1.08. The maximum absolute atomic E-state index is 12.8. The number of carbonyl (C=O) groups excluding carboxylic acids is 1. The van der Waals surface area contributed by atoms with E-state index in [9.17, 15) is 13.2 Å². The van der Waals surface area contributed by atoms with Crippen LogP contribution in [0.2, 0.25) is 0 Å². The van der Waals surface area contributed by atoms with Gasteiger partial charge in [-0.3, -0.25) is 14.4 Å². The second-order valence-corrected chi connectivity index (χ2v) is 11.1. The second kappa shape index (κ2) is 9.59. The normalized spacial score (nSPS) is 11.5. The molecule has 1 N–H and O–H groups in total. The standard InChI is InChI=1S/C20H22N4O3S3/c1-14(2)13-28-20-23-22-19(29-20)21-18(25)15-8-7-9-16(12-15)24(3)30(26,27)17-10-5-4-6-11-17/h4-12,14H,13H2,1-3H3,(H,21,22,25). The summed E-state index contributed by atoms with van der Waals surface area (Å²) < 4.78 is 27.6. The summed E-state index contributed by atoms with van der Waals surface area (Å²) >= 11 is 2.91. The lowest BCUT2D eigenvalue weighted by molar-refractivity contribution is 0.102. The van der Waals surface area contributed by atoms with E-state index in [0.29, 0.717) is 22.3 Å². The predicted molar refractivity (Wildman–Crippen MR) is 122 cm³/mol. The number of sulfonamides is 1. The molecule has 0 aliphatic carbocycles. The van der Waals surface area contributed by atoms with Crippen molar-refractivity contribution in [1.29, 1.82) is 0 Å². The fraction of sp³-hybridized carbons (Fsp3) is 0.250.